The van der Waals surface area contributed by atoms with Gasteiger partial charge in [0.15, 0.2) is 0 Å². The van der Waals surface area contributed by atoms with E-state index in [0.717, 1.165) is 31.2 Å². The van der Waals surface area contributed by atoms with Crippen molar-refractivity contribution in [3.8, 4) is 5.75 Å². The highest BCUT2D eigenvalue weighted by atomic mass is 16.5. The van der Waals surface area contributed by atoms with Gasteiger partial charge in [0.2, 0.25) is 0 Å². The molecule has 0 bridgehead atoms. The molecule has 0 aromatic heterocycles. The number of para-hydroxylation sites is 1. The fourth-order valence-corrected chi connectivity index (χ4v) is 4.28. The lowest BCUT2D eigenvalue weighted by molar-refractivity contribution is -0.136. The van der Waals surface area contributed by atoms with Gasteiger partial charge in [-0.3, -0.25) is 14.4 Å². The Labute approximate surface area is 226 Å². The number of hydrazone groups is 1. The van der Waals surface area contributed by atoms with E-state index in [9.17, 15) is 19.2 Å². The highest BCUT2D eigenvalue weighted by Gasteiger charge is 2.21. The molecule has 39 heavy (non-hydrogen) atoms. The molecule has 0 saturated heterocycles. The lowest BCUT2D eigenvalue weighted by Gasteiger charge is -2.23. The second-order valence-electron chi connectivity index (χ2n) is 9.28. The van der Waals surface area contributed by atoms with E-state index in [1.54, 1.807) is 60.7 Å². The van der Waals surface area contributed by atoms with Crippen LogP contribution in [0.1, 0.15) is 63.9 Å². The summed E-state index contributed by atoms with van der Waals surface area (Å²) in [5.41, 5.74) is 4.61. The van der Waals surface area contributed by atoms with Gasteiger partial charge in [0.05, 0.1) is 23.0 Å². The predicted molar refractivity (Wildman–Crippen MR) is 148 cm³/mol. The maximum atomic E-state index is 12.8. The van der Waals surface area contributed by atoms with E-state index in [0.29, 0.717) is 16.9 Å². The molecule has 9 nitrogen and oxygen atoms in total. The molecule has 3 aromatic rings. The van der Waals surface area contributed by atoms with Gasteiger partial charge in [-0.2, -0.15) is 5.10 Å². The van der Waals surface area contributed by atoms with Crippen LogP contribution in [0.15, 0.2) is 77.9 Å². The number of benzene rings is 3. The largest absolute Gasteiger partial charge is 0.423 e. The van der Waals surface area contributed by atoms with Crippen molar-refractivity contribution in [1.82, 2.24) is 10.7 Å². The third-order valence-corrected chi connectivity index (χ3v) is 6.40. The standard InChI is InChI=1S/C30H30N4O5/c1-20-9-5-6-12-24(20)30(38)39-23-17-15-21(16-18-23)19-31-34-29(37)28(36)33-26-14-8-7-13-25(26)27(35)32-22-10-3-2-4-11-22/h5-9,12-19,22H,2-4,10-11H2,1H3,(H,32,35)(H,33,36)(H,34,37). The van der Waals surface area contributed by atoms with Crippen molar-refractivity contribution in [3.05, 3.63) is 95.1 Å². The highest BCUT2D eigenvalue weighted by Crippen LogP contribution is 2.20. The van der Waals surface area contributed by atoms with E-state index < -0.39 is 17.8 Å². The molecule has 1 saturated carbocycles. The Bertz CT molecular complexity index is 1380. The van der Waals surface area contributed by atoms with Crippen LogP contribution in [0, 0.1) is 6.92 Å². The second kappa shape index (κ2) is 13.1. The van der Waals surface area contributed by atoms with Crippen molar-refractivity contribution in [3.63, 3.8) is 0 Å². The van der Waals surface area contributed by atoms with Crippen LogP contribution in [-0.4, -0.2) is 35.9 Å². The molecule has 1 aliphatic rings. The van der Waals surface area contributed by atoms with Crippen LogP contribution in [0.5, 0.6) is 5.75 Å². The third-order valence-electron chi connectivity index (χ3n) is 6.40. The maximum absolute atomic E-state index is 12.8. The molecule has 0 aliphatic heterocycles. The first-order valence-corrected chi connectivity index (χ1v) is 12.8. The number of anilines is 1. The Morgan fingerprint density at radius 2 is 1.49 bits per heavy atom. The summed E-state index contributed by atoms with van der Waals surface area (Å²) in [6, 6.07) is 20.3. The lowest BCUT2D eigenvalue weighted by Crippen LogP contribution is -2.37. The molecule has 3 N–H and O–H groups in total. The quantitative estimate of drug-likeness (QED) is 0.139. The number of amides is 3. The first-order valence-electron chi connectivity index (χ1n) is 12.8. The van der Waals surface area contributed by atoms with Crippen molar-refractivity contribution in [1.29, 1.82) is 0 Å². The molecule has 0 radical (unpaired) electrons. The number of nitrogens with zero attached hydrogens (tertiary/aromatic N) is 1. The van der Waals surface area contributed by atoms with Gasteiger partial charge < -0.3 is 15.4 Å². The highest BCUT2D eigenvalue weighted by molar-refractivity contribution is 6.40. The van der Waals surface area contributed by atoms with E-state index in [1.807, 2.05) is 19.1 Å². The summed E-state index contributed by atoms with van der Waals surface area (Å²) in [6.07, 6.45) is 6.55. The van der Waals surface area contributed by atoms with Gasteiger partial charge in [-0.05, 0) is 73.4 Å². The van der Waals surface area contributed by atoms with E-state index in [-0.39, 0.29) is 23.2 Å². The maximum Gasteiger partial charge on any atom is 0.343 e. The summed E-state index contributed by atoms with van der Waals surface area (Å²) >= 11 is 0. The van der Waals surface area contributed by atoms with E-state index in [1.165, 1.54) is 12.6 Å². The summed E-state index contributed by atoms with van der Waals surface area (Å²) in [7, 11) is 0. The molecule has 1 aliphatic carbocycles. The number of ether oxygens (including phenoxy) is 1. The van der Waals surface area contributed by atoms with Crippen LogP contribution in [0.25, 0.3) is 0 Å². The van der Waals surface area contributed by atoms with Crippen LogP contribution < -0.4 is 20.8 Å². The Morgan fingerprint density at radius 3 is 2.21 bits per heavy atom. The van der Waals surface area contributed by atoms with Crippen molar-refractivity contribution >= 4 is 35.6 Å². The van der Waals surface area contributed by atoms with Crippen molar-refractivity contribution in [2.24, 2.45) is 5.10 Å². The minimum atomic E-state index is -0.988. The first kappa shape index (κ1) is 27.3. The average Bonchev–Trinajstić information content (AvgIpc) is 2.95. The zero-order chi connectivity index (χ0) is 27.6. The summed E-state index contributed by atoms with van der Waals surface area (Å²) in [6.45, 7) is 1.83. The van der Waals surface area contributed by atoms with Crippen LogP contribution in [0.4, 0.5) is 5.69 Å². The molecule has 200 valence electrons. The number of hydrogen-bond donors (Lipinski definition) is 3. The van der Waals surface area contributed by atoms with Crippen LogP contribution in [-0.2, 0) is 9.59 Å². The Morgan fingerprint density at radius 1 is 0.821 bits per heavy atom. The molecule has 0 heterocycles. The molecule has 4 rings (SSSR count). The van der Waals surface area contributed by atoms with Crippen molar-refractivity contribution in [2.75, 3.05) is 5.32 Å². The zero-order valence-electron chi connectivity index (χ0n) is 21.6. The SMILES string of the molecule is Cc1ccccc1C(=O)Oc1ccc(C=NNC(=O)C(=O)Nc2ccccc2C(=O)NC2CCCCC2)cc1. The normalized spacial score (nSPS) is 13.5. The third kappa shape index (κ3) is 7.61. The number of nitrogens with one attached hydrogen (secondary N) is 3. The fraction of sp³-hybridized carbons (Fsp3) is 0.233. The minimum Gasteiger partial charge on any atom is -0.423 e. The molecule has 3 amide bonds. The Balaban J connectivity index is 1.29. The second-order valence-corrected chi connectivity index (χ2v) is 9.28. The van der Waals surface area contributed by atoms with Crippen LogP contribution in [0.2, 0.25) is 0 Å². The number of carbonyl (C=O) groups excluding carboxylic acids is 4. The zero-order valence-corrected chi connectivity index (χ0v) is 21.6. The van der Waals surface area contributed by atoms with E-state index >= 15 is 0 Å². The monoisotopic (exact) mass is 526 g/mol. The van der Waals surface area contributed by atoms with E-state index in [2.05, 4.69) is 21.2 Å². The number of esters is 1. The minimum absolute atomic E-state index is 0.113. The topological polar surface area (TPSA) is 126 Å². The van der Waals surface area contributed by atoms with Gasteiger partial charge in [0.25, 0.3) is 5.91 Å². The van der Waals surface area contributed by atoms with Gasteiger partial charge in [0.1, 0.15) is 5.75 Å². The molecule has 3 aromatic carbocycles. The Kier molecular flexibility index (Phi) is 9.18. The first-order chi connectivity index (χ1) is 18.9. The molecule has 0 spiro atoms. The molecule has 9 heteroatoms. The van der Waals surface area contributed by atoms with Gasteiger partial charge in [0, 0.05) is 6.04 Å². The fourth-order valence-electron chi connectivity index (χ4n) is 4.28. The average molecular weight is 527 g/mol. The molecule has 1 fully saturated rings. The predicted octanol–water partition coefficient (Wildman–Crippen LogP) is 4.37. The molecule has 0 atom stereocenters. The molecular formula is C30H30N4O5. The molecule has 0 unspecified atom stereocenters. The smallest absolute Gasteiger partial charge is 0.343 e. The number of rotatable bonds is 7. The summed E-state index contributed by atoms with van der Waals surface area (Å²) in [5.74, 6) is -2.33. The van der Waals surface area contributed by atoms with E-state index in [4.69, 9.17) is 4.74 Å². The molecular weight excluding hydrogens is 496 g/mol. The van der Waals surface area contributed by atoms with Gasteiger partial charge in [-0.25, -0.2) is 10.2 Å². The summed E-state index contributed by atoms with van der Waals surface area (Å²) in [4.78, 5) is 49.8. The van der Waals surface area contributed by atoms with Gasteiger partial charge in [-0.15, -0.1) is 0 Å². The summed E-state index contributed by atoms with van der Waals surface area (Å²) in [5, 5.41) is 9.32. The van der Waals surface area contributed by atoms with Crippen LogP contribution >= 0.6 is 0 Å². The summed E-state index contributed by atoms with van der Waals surface area (Å²) < 4.78 is 5.40. The number of aryl methyl sites for hydroxylation is 1. The lowest BCUT2D eigenvalue weighted by atomic mass is 9.95. The Hall–Kier alpha value is -4.79. The van der Waals surface area contributed by atoms with Crippen molar-refractivity contribution in [2.45, 2.75) is 45.1 Å². The number of carbonyl (C=O) groups is 4. The van der Waals surface area contributed by atoms with Gasteiger partial charge >= 0.3 is 17.8 Å². The van der Waals surface area contributed by atoms with Gasteiger partial charge in [-0.1, -0.05) is 49.6 Å². The van der Waals surface area contributed by atoms with Crippen LogP contribution in [0.3, 0.4) is 0 Å². The van der Waals surface area contributed by atoms with Crippen molar-refractivity contribution < 1.29 is 23.9 Å². The number of hydrogen-bond acceptors (Lipinski definition) is 6.